The number of aromatic hydroxyl groups is 1. The number of nitrogens with one attached hydrogen (secondary N) is 1. The monoisotopic (exact) mass is 376 g/mol. The van der Waals surface area contributed by atoms with Crippen molar-refractivity contribution >= 4 is 22.8 Å². The van der Waals surface area contributed by atoms with Gasteiger partial charge in [0.2, 0.25) is 0 Å². The Morgan fingerprint density at radius 1 is 1.21 bits per heavy atom. The van der Waals surface area contributed by atoms with Crippen LogP contribution in [-0.2, 0) is 6.54 Å². The summed E-state index contributed by atoms with van der Waals surface area (Å²) in [5.74, 6) is 1.36. The number of aliphatic imine (C=N–C) groups is 1. The van der Waals surface area contributed by atoms with Crippen LogP contribution in [0.1, 0.15) is 11.3 Å². The van der Waals surface area contributed by atoms with Crippen LogP contribution in [-0.4, -0.2) is 30.1 Å². The highest BCUT2D eigenvalue weighted by Gasteiger charge is 2.11. The molecule has 142 valence electrons. The summed E-state index contributed by atoms with van der Waals surface area (Å²) in [6.45, 7) is 0.268. The minimum absolute atomic E-state index is 0.0658. The Hall–Kier alpha value is -3.92. The molecular weight excluding hydrogens is 356 g/mol. The summed E-state index contributed by atoms with van der Waals surface area (Å²) in [4.78, 5) is 7.35. The fourth-order valence-electron chi connectivity index (χ4n) is 2.80. The zero-order chi connectivity index (χ0) is 20.1. The Morgan fingerprint density at radius 3 is 2.64 bits per heavy atom. The number of ether oxygens (including phenoxy) is 2. The highest BCUT2D eigenvalue weighted by atomic mass is 16.5. The van der Waals surface area contributed by atoms with Crippen LogP contribution in [0, 0.1) is 11.3 Å². The molecule has 4 N–H and O–H groups in total. The van der Waals surface area contributed by atoms with Crippen molar-refractivity contribution < 1.29 is 14.6 Å². The van der Waals surface area contributed by atoms with Gasteiger partial charge >= 0.3 is 0 Å². The van der Waals surface area contributed by atoms with Crippen molar-refractivity contribution in [2.75, 3.05) is 14.2 Å². The number of fused-ring (bicyclic) bond motifs is 1. The predicted octanol–water partition coefficient (Wildman–Crippen LogP) is 3.36. The van der Waals surface area contributed by atoms with E-state index in [-0.39, 0.29) is 23.7 Å². The van der Waals surface area contributed by atoms with Crippen molar-refractivity contribution in [2.24, 2.45) is 10.7 Å². The standard InChI is InChI=1S/C21H20N4O3/c1-27-18-8-7-13(9-19(18)28-2)12-24-21(23)14(11-22)10-17-20(26)15-5-3-4-6-16(15)25-17/h3-10,25-26H,12H2,1-2H3,(H2,23,24)/b14-10+. The average molecular weight is 376 g/mol. The molecule has 2 aromatic carbocycles. The number of H-pyrrole nitrogens is 1. The molecule has 0 aliphatic carbocycles. The van der Waals surface area contributed by atoms with Gasteiger partial charge < -0.3 is 25.3 Å². The molecule has 1 aromatic heterocycles. The van der Waals surface area contributed by atoms with E-state index in [9.17, 15) is 10.4 Å². The van der Waals surface area contributed by atoms with Crippen LogP contribution >= 0.6 is 0 Å². The Labute approximate surface area is 162 Å². The number of para-hydroxylation sites is 1. The minimum atomic E-state index is 0.0658. The molecule has 0 fully saturated rings. The third-order valence-corrected chi connectivity index (χ3v) is 4.27. The van der Waals surface area contributed by atoms with Gasteiger partial charge in [-0.3, -0.25) is 4.99 Å². The molecule has 0 amide bonds. The van der Waals surface area contributed by atoms with Crippen molar-refractivity contribution in [3.05, 3.63) is 59.3 Å². The van der Waals surface area contributed by atoms with Gasteiger partial charge in [0, 0.05) is 10.9 Å². The zero-order valence-corrected chi connectivity index (χ0v) is 15.6. The summed E-state index contributed by atoms with van der Waals surface area (Å²) < 4.78 is 10.5. The molecule has 0 saturated heterocycles. The number of hydrogen-bond donors (Lipinski definition) is 3. The molecule has 0 unspecified atom stereocenters. The molecule has 0 aliphatic heterocycles. The van der Waals surface area contributed by atoms with E-state index in [0.717, 1.165) is 11.1 Å². The van der Waals surface area contributed by atoms with Crippen LogP contribution in [0.4, 0.5) is 0 Å². The first kappa shape index (κ1) is 18.9. The normalized spacial score (nSPS) is 12.0. The van der Waals surface area contributed by atoms with Gasteiger partial charge in [-0.05, 0) is 35.9 Å². The van der Waals surface area contributed by atoms with E-state index in [2.05, 4.69) is 9.98 Å². The highest BCUT2D eigenvalue weighted by Crippen LogP contribution is 2.30. The Morgan fingerprint density at radius 2 is 1.96 bits per heavy atom. The zero-order valence-electron chi connectivity index (χ0n) is 15.6. The molecule has 28 heavy (non-hydrogen) atoms. The topological polar surface area (TPSA) is 117 Å². The number of nitrogens with zero attached hydrogens (tertiary/aromatic N) is 2. The predicted molar refractivity (Wildman–Crippen MR) is 108 cm³/mol. The molecule has 0 atom stereocenters. The van der Waals surface area contributed by atoms with E-state index in [4.69, 9.17) is 15.2 Å². The van der Waals surface area contributed by atoms with Gasteiger partial charge in [-0.25, -0.2) is 0 Å². The molecule has 0 radical (unpaired) electrons. The lowest BCUT2D eigenvalue weighted by molar-refractivity contribution is 0.354. The molecule has 3 aromatic rings. The summed E-state index contributed by atoms with van der Waals surface area (Å²) in [6, 6.07) is 14.8. The van der Waals surface area contributed by atoms with Crippen molar-refractivity contribution in [3.63, 3.8) is 0 Å². The number of nitriles is 1. The van der Waals surface area contributed by atoms with Gasteiger partial charge in [0.05, 0.1) is 32.0 Å². The van der Waals surface area contributed by atoms with E-state index in [1.807, 2.05) is 30.3 Å². The molecule has 0 saturated carbocycles. The summed E-state index contributed by atoms with van der Waals surface area (Å²) >= 11 is 0. The third kappa shape index (κ3) is 3.76. The van der Waals surface area contributed by atoms with Crippen LogP contribution < -0.4 is 15.2 Å². The number of rotatable bonds is 6. The molecule has 0 bridgehead atoms. The quantitative estimate of drug-likeness (QED) is 0.346. The number of amidine groups is 1. The number of benzene rings is 2. The number of methoxy groups -OCH3 is 2. The average Bonchev–Trinajstić information content (AvgIpc) is 3.05. The minimum Gasteiger partial charge on any atom is -0.505 e. The maximum atomic E-state index is 10.3. The molecule has 0 spiro atoms. The van der Waals surface area contributed by atoms with Crippen LogP contribution in [0.15, 0.2) is 53.0 Å². The number of nitrogens with two attached hydrogens (primary N) is 1. The van der Waals surface area contributed by atoms with Crippen molar-refractivity contribution in [1.29, 1.82) is 5.26 Å². The molecule has 7 heteroatoms. The van der Waals surface area contributed by atoms with E-state index in [1.165, 1.54) is 6.08 Å². The first-order valence-corrected chi connectivity index (χ1v) is 8.50. The Kier molecular flexibility index (Phi) is 5.51. The van der Waals surface area contributed by atoms with Crippen molar-refractivity contribution in [2.45, 2.75) is 6.54 Å². The summed E-state index contributed by atoms with van der Waals surface area (Å²) in [5, 5.41) is 20.5. The smallest absolute Gasteiger partial charge is 0.161 e. The second-order valence-corrected chi connectivity index (χ2v) is 5.99. The lowest BCUT2D eigenvalue weighted by Crippen LogP contribution is -2.14. The molecule has 3 rings (SSSR count). The third-order valence-electron chi connectivity index (χ3n) is 4.27. The Bertz CT molecular complexity index is 1110. The van der Waals surface area contributed by atoms with Gasteiger partial charge in [0.1, 0.15) is 17.7 Å². The lowest BCUT2D eigenvalue weighted by atomic mass is 10.2. The van der Waals surface area contributed by atoms with Gasteiger partial charge in [-0.1, -0.05) is 18.2 Å². The summed E-state index contributed by atoms with van der Waals surface area (Å²) in [7, 11) is 3.12. The number of aromatic nitrogens is 1. The fraction of sp³-hybridized carbons (Fsp3) is 0.143. The summed E-state index contributed by atoms with van der Waals surface area (Å²) in [6.07, 6.45) is 1.49. The van der Waals surface area contributed by atoms with Crippen molar-refractivity contribution in [1.82, 2.24) is 4.98 Å². The fourth-order valence-corrected chi connectivity index (χ4v) is 2.80. The molecule has 7 nitrogen and oxygen atoms in total. The number of aromatic amines is 1. The first-order chi connectivity index (χ1) is 13.6. The van der Waals surface area contributed by atoms with Gasteiger partial charge in [-0.15, -0.1) is 0 Å². The van der Waals surface area contributed by atoms with Crippen LogP contribution in [0.25, 0.3) is 17.0 Å². The molecular formula is C21H20N4O3. The van der Waals surface area contributed by atoms with Crippen LogP contribution in [0.5, 0.6) is 17.2 Å². The number of hydrogen-bond acceptors (Lipinski definition) is 5. The van der Waals surface area contributed by atoms with E-state index in [0.29, 0.717) is 22.6 Å². The Balaban J connectivity index is 1.86. The van der Waals surface area contributed by atoms with Gasteiger partial charge in [-0.2, -0.15) is 5.26 Å². The highest BCUT2D eigenvalue weighted by molar-refractivity contribution is 6.05. The van der Waals surface area contributed by atoms with Crippen molar-refractivity contribution in [3.8, 4) is 23.3 Å². The van der Waals surface area contributed by atoms with Crippen LogP contribution in [0.2, 0.25) is 0 Å². The molecule has 1 heterocycles. The maximum Gasteiger partial charge on any atom is 0.161 e. The van der Waals surface area contributed by atoms with E-state index in [1.54, 1.807) is 32.4 Å². The SMILES string of the molecule is COc1ccc(CN=C(N)/C(C#N)=C/c2[nH]c3ccccc3c2O)cc1OC. The van der Waals surface area contributed by atoms with E-state index >= 15 is 0 Å². The largest absolute Gasteiger partial charge is 0.505 e. The second-order valence-electron chi connectivity index (χ2n) is 5.99. The van der Waals surface area contributed by atoms with Gasteiger partial charge in [0.25, 0.3) is 0 Å². The van der Waals surface area contributed by atoms with Gasteiger partial charge in [0.15, 0.2) is 11.5 Å². The second kappa shape index (κ2) is 8.18. The first-order valence-electron chi connectivity index (χ1n) is 8.50. The van der Waals surface area contributed by atoms with E-state index < -0.39 is 0 Å². The maximum absolute atomic E-state index is 10.3. The molecule has 0 aliphatic rings. The summed E-state index contributed by atoms with van der Waals surface area (Å²) in [5.41, 5.74) is 8.18. The van der Waals surface area contributed by atoms with Crippen LogP contribution in [0.3, 0.4) is 0 Å². The lowest BCUT2D eigenvalue weighted by Gasteiger charge is -2.08.